The van der Waals surface area contributed by atoms with Gasteiger partial charge in [-0.05, 0) is 62.4 Å². The molecule has 0 saturated carbocycles. The molecule has 0 aliphatic heterocycles. The number of ketones is 1. The first-order valence-electron chi connectivity index (χ1n) is 9.19. The Morgan fingerprint density at radius 2 is 1.69 bits per heavy atom. The van der Waals surface area contributed by atoms with Crippen molar-refractivity contribution in [3.63, 3.8) is 0 Å². The van der Waals surface area contributed by atoms with Crippen LogP contribution in [0.4, 0.5) is 5.69 Å². The van der Waals surface area contributed by atoms with Gasteiger partial charge in [0.05, 0.1) is 24.7 Å². The molecule has 7 nitrogen and oxygen atoms in total. The predicted molar refractivity (Wildman–Crippen MR) is 107 cm³/mol. The molecule has 1 amide bonds. The highest BCUT2D eigenvalue weighted by molar-refractivity contribution is 5.98. The minimum atomic E-state index is -1.02. The van der Waals surface area contributed by atoms with E-state index < -0.39 is 18.0 Å². The molecule has 2 aromatic rings. The van der Waals surface area contributed by atoms with Crippen molar-refractivity contribution < 1.29 is 23.9 Å². The maximum atomic E-state index is 12.2. The summed E-state index contributed by atoms with van der Waals surface area (Å²) in [5.74, 6) is -0.655. The number of nitriles is 1. The van der Waals surface area contributed by atoms with Gasteiger partial charge in [0, 0.05) is 17.7 Å². The molecule has 150 valence electrons. The number of carbonyl (C=O) groups is 3. The number of rotatable bonds is 9. The Hall–Kier alpha value is -3.66. The van der Waals surface area contributed by atoms with Crippen molar-refractivity contribution in [3.8, 4) is 11.8 Å². The summed E-state index contributed by atoms with van der Waals surface area (Å²) in [4.78, 5) is 36.3. The smallest absolute Gasteiger partial charge is 0.307 e. The maximum absolute atomic E-state index is 12.2. The van der Waals surface area contributed by atoms with Gasteiger partial charge in [0.25, 0.3) is 5.91 Å². The van der Waals surface area contributed by atoms with E-state index >= 15 is 0 Å². The molecule has 0 fully saturated rings. The van der Waals surface area contributed by atoms with E-state index in [-0.39, 0.29) is 18.6 Å². The number of hydrogen-bond acceptors (Lipinski definition) is 6. The van der Waals surface area contributed by atoms with Crippen LogP contribution in [0.25, 0.3) is 0 Å². The number of amides is 1. The van der Waals surface area contributed by atoms with Crippen molar-refractivity contribution >= 4 is 23.3 Å². The second-order valence-corrected chi connectivity index (χ2v) is 6.19. The Morgan fingerprint density at radius 3 is 2.28 bits per heavy atom. The zero-order valence-corrected chi connectivity index (χ0v) is 16.3. The van der Waals surface area contributed by atoms with Gasteiger partial charge >= 0.3 is 5.97 Å². The van der Waals surface area contributed by atoms with Crippen LogP contribution in [0.2, 0.25) is 0 Å². The summed E-state index contributed by atoms with van der Waals surface area (Å²) >= 11 is 0. The normalized spacial score (nSPS) is 11.1. The lowest BCUT2D eigenvalue weighted by molar-refractivity contribution is -0.153. The van der Waals surface area contributed by atoms with Crippen molar-refractivity contribution in [1.29, 1.82) is 5.26 Å². The third kappa shape index (κ3) is 6.78. The van der Waals surface area contributed by atoms with E-state index in [1.165, 1.54) is 6.92 Å². The number of benzene rings is 2. The standard InChI is InChI=1S/C22H22N2O5/c1-3-28-19-10-6-17(7-11-19)20(25)12-13-21(26)29-15(2)22(27)24-18-8-4-16(14-23)5-9-18/h4-11,15H,3,12-13H2,1-2H3,(H,24,27)/t15-/m1/s1. The third-order valence-electron chi connectivity index (χ3n) is 4.00. The SMILES string of the molecule is CCOc1ccc(C(=O)CCC(=O)O[C@H](C)C(=O)Nc2ccc(C#N)cc2)cc1. The molecule has 0 spiro atoms. The van der Waals surface area contributed by atoms with Crippen molar-refractivity contribution in [2.45, 2.75) is 32.8 Å². The molecule has 29 heavy (non-hydrogen) atoms. The van der Waals surface area contributed by atoms with E-state index in [1.54, 1.807) is 48.5 Å². The number of nitrogens with zero attached hydrogens (tertiary/aromatic N) is 1. The summed E-state index contributed by atoms with van der Waals surface area (Å²) in [6, 6.07) is 15.0. The molecule has 2 aromatic carbocycles. The summed E-state index contributed by atoms with van der Waals surface area (Å²) in [5.41, 5.74) is 1.44. The zero-order chi connectivity index (χ0) is 21.2. The molecule has 0 aliphatic carbocycles. The van der Waals surface area contributed by atoms with Gasteiger partial charge in [0.2, 0.25) is 0 Å². The lowest BCUT2D eigenvalue weighted by atomic mass is 10.1. The molecule has 0 aromatic heterocycles. The second-order valence-electron chi connectivity index (χ2n) is 6.19. The molecular formula is C22H22N2O5. The molecule has 0 bridgehead atoms. The average molecular weight is 394 g/mol. The Labute approximate surface area is 169 Å². The first-order chi connectivity index (χ1) is 13.9. The van der Waals surface area contributed by atoms with Crippen LogP contribution in [-0.2, 0) is 14.3 Å². The molecule has 0 saturated heterocycles. The molecule has 0 heterocycles. The largest absolute Gasteiger partial charge is 0.494 e. The van der Waals surface area contributed by atoms with Gasteiger partial charge in [0.15, 0.2) is 11.9 Å². The average Bonchev–Trinajstić information content (AvgIpc) is 2.73. The molecule has 0 radical (unpaired) electrons. The fourth-order valence-corrected chi connectivity index (χ4v) is 2.45. The van der Waals surface area contributed by atoms with E-state index in [9.17, 15) is 14.4 Å². The Morgan fingerprint density at radius 1 is 1.03 bits per heavy atom. The Kier molecular flexibility index (Phi) is 7.92. The highest BCUT2D eigenvalue weighted by Gasteiger charge is 2.19. The fourth-order valence-electron chi connectivity index (χ4n) is 2.45. The van der Waals surface area contributed by atoms with Crippen molar-refractivity contribution in [1.82, 2.24) is 0 Å². The summed E-state index contributed by atoms with van der Waals surface area (Å²) in [5, 5.41) is 11.4. The first kappa shape index (κ1) is 21.6. The fraction of sp³-hybridized carbons (Fsp3) is 0.273. The number of hydrogen-bond donors (Lipinski definition) is 1. The van der Waals surface area contributed by atoms with Crippen molar-refractivity contribution in [2.75, 3.05) is 11.9 Å². The highest BCUT2D eigenvalue weighted by Crippen LogP contribution is 2.15. The maximum Gasteiger partial charge on any atom is 0.307 e. The molecule has 2 rings (SSSR count). The third-order valence-corrected chi connectivity index (χ3v) is 4.00. The minimum absolute atomic E-state index is 0.0171. The van der Waals surface area contributed by atoms with Crippen LogP contribution < -0.4 is 10.1 Å². The van der Waals surface area contributed by atoms with Gasteiger partial charge in [-0.2, -0.15) is 5.26 Å². The monoisotopic (exact) mass is 394 g/mol. The Balaban J connectivity index is 1.79. The van der Waals surface area contributed by atoms with E-state index in [1.807, 2.05) is 13.0 Å². The van der Waals surface area contributed by atoms with Crippen LogP contribution in [0.3, 0.4) is 0 Å². The van der Waals surface area contributed by atoms with Crippen LogP contribution in [0.15, 0.2) is 48.5 Å². The number of nitrogens with one attached hydrogen (secondary N) is 1. The van der Waals surface area contributed by atoms with Crippen LogP contribution in [0, 0.1) is 11.3 Å². The number of anilines is 1. The summed E-state index contributed by atoms with van der Waals surface area (Å²) in [7, 11) is 0. The summed E-state index contributed by atoms with van der Waals surface area (Å²) < 4.78 is 10.4. The van der Waals surface area contributed by atoms with E-state index in [2.05, 4.69) is 5.32 Å². The molecule has 0 unspecified atom stereocenters. The summed E-state index contributed by atoms with van der Waals surface area (Å²) in [6.45, 7) is 3.86. The topological polar surface area (TPSA) is 105 Å². The molecule has 0 aliphatic rings. The first-order valence-corrected chi connectivity index (χ1v) is 9.19. The van der Waals surface area contributed by atoms with Gasteiger partial charge in [-0.15, -0.1) is 0 Å². The van der Waals surface area contributed by atoms with Gasteiger partial charge in [-0.25, -0.2) is 0 Å². The van der Waals surface area contributed by atoms with E-state index in [0.29, 0.717) is 29.2 Å². The van der Waals surface area contributed by atoms with Gasteiger partial charge in [-0.1, -0.05) is 0 Å². The van der Waals surface area contributed by atoms with Crippen LogP contribution in [0.1, 0.15) is 42.6 Å². The lowest BCUT2D eigenvalue weighted by Crippen LogP contribution is -2.30. The number of esters is 1. The van der Waals surface area contributed by atoms with Gasteiger partial charge in [0.1, 0.15) is 5.75 Å². The van der Waals surface area contributed by atoms with Crippen molar-refractivity contribution in [2.24, 2.45) is 0 Å². The van der Waals surface area contributed by atoms with E-state index in [4.69, 9.17) is 14.7 Å². The molecule has 1 N–H and O–H groups in total. The zero-order valence-electron chi connectivity index (χ0n) is 16.3. The van der Waals surface area contributed by atoms with Gasteiger partial charge < -0.3 is 14.8 Å². The van der Waals surface area contributed by atoms with E-state index in [0.717, 1.165) is 0 Å². The van der Waals surface area contributed by atoms with Crippen LogP contribution >= 0.6 is 0 Å². The number of ether oxygens (including phenoxy) is 2. The second kappa shape index (κ2) is 10.6. The minimum Gasteiger partial charge on any atom is -0.494 e. The van der Waals surface area contributed by atoms with Crippen molar-refractivity contribution in [3.05, 3.63) is 59.7 Å². The lowest BCUT2D eigenvalue weighted by Gasteiger charge is -2.13. The molecule has 7 heteroatoms. The van der Waals surface area contributed by atoms with Crippen LogP contribution in [-0.4, -0.2) is 30.4 Å². The molecule has 1 atom stereocenters. The van der Waals surface area contributed by atoms with Crippen LogP contribution in [0.5, 0.6) is 5.75 Å². The molecular weight excluding hydrogens is 372 g/mol. The Bertz CT molecular complexity index is 898. The predicted octanol–water partition coefficient (Wildman–Crippen LogP) is 3.49. The number of carbonyl (C=O) groups excluding carboxylic acids is 3. The quantitative estimate of drug-likeness (QED) is 0.515. The van der Waals surface area contributed by atoms with Gasteiger partial charge in [-0.3, -0.25) is 14.4 Å². The highest BCUT2D eigenvalue weighted by atomic mass is 16.5. The number of Topliss-reactive ketones (excluding diaryl/α,β-unsaturated/α-hetero) is 1. The summed E-state index contributed by atoms with van der Waals surface area (Å²) in [6.07, 6.45) is -1.16.